The summed E-state index contributed by atoms with van der Waals surface area (Å²) in [5.41, 5.74) is 7.67. The topological polar surface area (TPSA) is 70.3 Å². The van der Waals surface area contributed by atoms with Crippen molar-refractivity contribution in [1.29, 1.82) is 0 Å². The highest BCUT2D eigenvalue weighted by Crippen LogP contribution is 2.39. The first-order chi connectivity index (χ1) is 10.3. The van der Waals surface area contributed by atoms with E-state index in [2.05, 4.69) is 9.97 Å². The molecule has 5 nitrogen and oxygen atoms in total. The third-order valence-corrected chi connectivity index (χ3v) is 3.41. The molecular formula is C16H19N3O2. The fraction of sp³-hybridized carbons (Fsp3) is 0.375. The van der Waals surface area contributed by atoms with Gasteiger partial charge in [-0.1, -0.05) is 12.1 Å². The van der Waals surface area contributed by atoms with Gasteiger partial charge in [0.25, 0.3) is 0 Å². The SMILES string of the molecule is COCCOc1ccccc1-c1cc(N)nc(C2CC2)n1. The lowest BCUT2D eigenvalue weighted by Gasteiger charge is -2.12. The lowest BCUT2D eigenvalue weighted by atomic mass is 10.1. The molecule has 1 saturated carbocycles. The molecule has 110 valence electrons. The summed E-state index contributed by atoms with van der Waals surface area (Å²) in [6.07, 6.45) is 2.30. The van der Waals surface area contributed by atoms with Gasteiger partial charge in [-0.15, -0.1) is 0 Å². The molecule has 0 atom stereocenters. The van der Waals surface area contributed by atoms with Crippen LogP contribution < -0.4 is 10.5 Å². The van der Waals surface area contributed by atoms with E-state index in [0.29, 0.717) is 24.9 Å². The second-order valence-electron chi connectivity index (χ2n) is 5.15. The molecule has 3 rings (SSSR count). The first-order valence-electron chi connectivity index (χ1n) is 7.13. The Morgan fingerprint density at radius 3 is 2.76 bits per heavy atom. The molecule has 1 aliphatic rings. The molecule has 1 aromatic heterocycles. The Morgan fingerprint density at radius 1 is 1.19 bits per heavy atom. The maximum atomic E-state index is 5.92. The first-order valence-corrected chi connectivity index (χ1v) is 7.13. The van der Waals surface area contributed by atoms with Gasteiger partial charge in [-0.2, -0.15) is 0 Å². The maximum Gasteiger partial charge on any atom is 0.134 e. The van der Waals surface area contributed by atoms with Crippen molar-refractivity contribution in [3.05, 3.63) is 36.2 Å². The minimum atomic E-state index is 0.467. The number of benzene rings is 1. The van der Waals surface area contributed by atoms with E-state index in [9.17, 15) is 0 Å². The van der Waals surface area contributed by atoms with Gasteiger partial charge >= 0.3 is 0 Å². The summed E-state index contributed by atoms with van der Waals surface area (Å²) in [6, 6.07) is 9.62. The van der Waals surface area contributed by atoms with Crippen LogP contribution in [0.15, 0.2) is 30.3 Å². The van der Waals surface area contributed by atoms with E-state index >= 15 is 0 Å². The monoisotopic (exact) mass is 285 g/mol. The summed E-state index contributed by atoms with van der Waals surface area (Å²) in [5.74, 6) is 2.61. The Hall–Kier alpha value is -2.14. The summed E-state index contributed by atoms with van der Waals surface area (Å²) in [7, 11) is 1.66. The highest BCUT2D eigenvalue weighted by molar-refractivity contribution is 5.68. The number of rotatable bonds is 6. The fourth-order valence-corrected chi connectivity index (χ4v) is 2.19. The van der Waals surface area contributed by atoms with Gasteiger partial charge in [-0.3, -0.25) is 0 Å². The van der Waals surface area contributed by atoms with Crippen molar-refractivity contribution >= 4 is 5.82 Å². The Labute approximate surface area is 124 Å². The van der Waals surface area contributed by atoms with Gasteiger partial charge in [0.2, 0.25) is 0 Å². The van der Waals surface area contributed by atoms with Crippen LogP contribution in [0.2, 0.25) is 0 Å². The molecule has 1 aromatic carbocycles. The summed E-state index contributed by atoms with van der Waals surface area (Å²) < 4.78 is 10.8. The lowest BCUT2D eigenvalue weighted by molar-refractivity contribution is 0.146. The summed E-state index contributed by atoms with van der Waals surface area (Å²) >= 11 is 0. The van der Waals surface area contributed by atoms with Crippen LogP contribution in [0.1, 0.15) is 24.6 Å². The van der Waals surface area contributed by atoms with Crippen molar-refractivity contribution in [2.45, 2.75) is 18.8 Å². The molecule has 0 bridgehead atoms. The molecule has 0 spiro atoms. The van der Waals surface area contributed by atoms with Crippen LogP contribution in [-0.4, -0.2) is 30.3 Å². The number of para-hydroxylation sites is 1. The molecule has 0 radical (unpaired) electrons. The minimum absolute atomic E-state index is 0.467. The number of nitrogen functional groups attached to an aromatic ring is 1. The quantitative estimate of drug-likeness (QED) is 0.826. The minimum Gasteiger partial charge on any atom is -0.490 e. The van der Waals surface area contributed by atoms with Gasteiger partial charge in [0.1, 0.15) is 24.0 Å². The van der Waals surface area contributed by atoms with Crippen LogP contribution in [0.3, 0.4) is 0 Å². The van der Waals surface area contributed by atoms with Crippen molar-refractivity contribution in [2.75, 3.05) is 26.1 Å². The highest BCUT2D eigenvalue weighted by Gasteiger charge is 2.27. The predicted molar refractivity (Wildman–Crippen MR) is 81.2 cm³/mol. The number of hydrogen-bond acceptors (Lipinski definition) is 5. The summed E-state index contributed by atoms with van der Waals surface area (Å²) in [5, 5.41) is 0. The van der Waals surface area contributed by atoms with E-state index in [-0.39, 0.29) is 0 Å². The summed E-state index contributed by atoms with van der Waals surface area (Å²) in [4.78, 5) is 8.98. The third-order valence-electron chi connectivity index (χ3n) is 3.41. The smallest absolute Gasteiger partial charge is 0.134 e. The normalized spacial score (nSPS) is 14.1. The van der Waals surface area contributed by atoms with Crippen molar-refractivity contribution in [2.24, 2.45) is 0 Å². The molecule has 0 amide bonds. The molecule has 5 heteroatoms. The zero-order valence-electron chi connectivity index (χ0n) is 12.1. The first kappa shape index (κ1) is 13.8. The molecule has 1 aliphatic carbocycles. The molecule has 2 aromatic rings. The lowest BCUT2D eigenvalue weighted by Crippen LogP contribution is -2.06. The maximum absolute atomic E-state index is 5.92. The zero-order valence-corrected chi connectivity index (χ0v) is 12.1. The molecule has 1 heterocycles. The zero-order chi connectivity index (χ0) is 14.7. The van der Waals surface area contributed by atoms with Crippen LogP contribution in [0, 0.1) is 0 Å². The van der Waals surface area contributed by atoms with E-state index < -0.39 is 0 Å². The van der Waals surface area contributed by atoms with Crippen LogP contribution in [0.25, 0.3) is 11.3 Å². The van der Waals surface area contributed by atoms with Crippen LogP contribution in [0.5, 0.6) is 5.75 Å². The van der Waals surface area contributed by atoms with Crippen molar-refractivity contribution < 1.29 is 9.47 Å². The van der Waals surface area contributed by atoms with Crippen LogP contribution >= 0.6 is 0 Å². The Balaban J connectivity index is 1.92. The second kappa shape index (κ2) is 6.10. The van der Waals surface area contributed by atoms with Crippen LogP contribution in [0.4, 0.5) is 5.82 Å². The van der Waals surface area contributed by atoms with Crippen molar-refractivity contribution in [3.63, 3.8) is 0 Å². The summed E-state index contributed by atoms with van der Waals surface area (Å²) in [6.45, 7) is 1.05. The molecular weight excluding hydrogens is 266 g/mol. The molecule has 0 saturated heterocycles. The number of nitrogens with zero attached hydrogens (tertiary/aromatic N) is 2. The largest absolute Gasteiger partial charge is 0.490 e. The van der Waals surface area contributed by atoms with Gasteiger partial charge in [-0.05, 0) is 25.0 Å². The molecule has 21 heavy (non-hydrogen) atoms. The number of aromatic nitrogens is 2. The third kappa shape index (κ3) is 3.31. The fourth-order valence-electron chi connectivity index (χ4n) is 2.19. The molecule has 0 aliphatic heterocycles. The average molecular weight is 285 g/mol. The molecule has 2 N–H and O–H groups in total. The number of ether oxygens (including phenoxy) is 2. The van der Waals surface area contributed by atoms with Gasteiger partial charge in [0.15, 0.2) is 0 Å². The van der Waals surface area contributed by atoms with E-state index in [1.54, 1.807) is 13.2 Å². The number of nitrogens with two attached hydrogens (primary N) is 1. The van der Waals surface area contributed by atoms with Gasteiger partial charge in [0.05, 0.1) is 12.3 Å². The standard InChI is InChI=1S/C16H19N3O2/c1-20-8-9-21-14-5-3-2-4-12(14)13-10-15(17)19-16(18-13)11-6-7-11/h2-5,10-11H,6-9H2,1H3,(H2,17,18,19). The Morgan fingerprint density at radius 2 is 2.00 bits per heavy atom. The Bertz CT molecular complexity index is 627. The van der Waals surface area contributed by atoms with Crippen molar-refractivity contribution in [3.8, 4) is 17.0 Å². The molecule has 1 fully saturated rings. The highest BCUT2D eigenvalue weighted by atomic mass is 16.5. The number of anilines is 1. The number of hydrogen-bond donors (Lipinski definition) is 1. The second-order valence-corrected chi connectivity index (χ2v) is 5.15. The molecule has 0 unspecified atom stereocenters. The van der Waals surface area contributed by atoms with Crippen LogP contribution in [-0.2, 0) is 4.74 Å². The van der Waals surface area contributed by atoms with Gasteiger partial charge in [-0.25, -0.2) is 9.97 Å². The van der Waals surface area contributed by atoms with Gasteiger partial charge < -0.3 is 15.2 Å². The Kier molecular flexibility index (Phi) is 4.01. The van der Waals surface area contributed by atoms with E-state index in [4.69, 9.17) is 15.2 Å². The van der Waals surface area contributed by atoms with Gasteiger partial charge in [0, 0.05) is 24.7 Å². The average Bonchev–Trinajstić information content (AvgIpc) is 3.32. The van der Waals surface area contributed by atoms with E-state index in [1.807, 2.05) is 24.3 Å². The van der Waals surface area contributed by atoms with E-state index in [1.165, 1.54) is 0 Å². The number of methoxy groups -OCH3 is 1. The van der Waals surface area contributed by atoms with Crippen molar-refractivity contribution in [1.82, 2.24) is 9.97 Å². The van der Waals surface area contributed by atoms with E-state index in [0.717, 1.165) is 35.7 Å². The predicted octanol–water partition coefficient (Wildman–Crippen LogP) is 2.63.